The molecule has 1 fully saturated rings. The maximum atomic E-state index is 11.4. The van der Waals surface area contributed by atoms with E-state index in [-0.39, 0.29) is 11.9 Å². The summed E-state index contributed by atoms with van der Waals surface area (Å²) in [6.07, 6.45) is 4.19. The molecule has 27 heavy (non-hydrogen) atoms. The monoisotopic (exact) mass is 382 g/mol. The topological polar surface area (TPSA) is 53.3 Å². The Balaban J connectivity index is 1.56. The number of carbonyl (C=O) groups excluding carboxylic acids is 1. The highest BCUT2D eigenvalue weighted by atomic mass is 35.5. The van der Waals surface area contributed by atoms with Gasteiger partial charge in [-0.3, -0.25) is 4.79 Å². The molecule has 0 atom stereocenters. The maximum absolute atomic E-state index is 11.4. The van der Waals surface area contributed by atoms with Crippen LogP contribution in [0.1, 0.15) is 48.5 Å². The van der Waals surface area contributed by atoms with E-state index in [0.29, 0.717) is 16.6 Å². The van der Waals surface area contributed by atoms with Gasteiger partial charge in [0, 0.05) is 30.4 Å². The lowest BCUT2D eigenvalue weighted by Gasteiger charge is -2.36. The first kappa shape index (κ1) is 19.3. The quantitative estimate of drug-likeness (QED) is 0.663. The number of nitriles is 1. The first-order valence-corrected chi connectivity index (χ1v) is 9.56. The van der Waals surface area contributed by atoms with Crippen LogP contribution in [-0.4, -0.2) is 25.0 Å². The van der Waals surface area contributed by atoms with Gasteiger partial charge < -0.3 is 9.64 Å². The SMILES string of the molecule is CC(=O)c1ccc(N(C)C2CCC(Oc3ccc(C#N)c(Cl)c3)CC2)cc1. The van der Waals surface area contributed by atoms with Crippen LogP contribution in [0.5, 0.6) is 5.75 Å². The van der Waals surface area contributed by atoms with Crippen molar-refractivity contribution in [2.75, 3.05) is 11.9 Å². The number of halogens is 1. The molecule has 2 aromatic rings. The highest BCUT2D eigenvalue weighted by Gasteiger charge is 2.25. The normalized spacial score (nSPS) is 19.2. The number of carbonyl (C=O) groups is 1. The summed E-state index contributed by atoms with van der Waals surface area (Å²) in [7, 11) is 2.11. The van der Waals surface area contributed by atoms with Gasteiger partial charge in [0.15, 0.2) is 5.78 Å². The minimum absolute atomic E-state index is 0.0877. The van der Waals surface area contributed by atoms with Crippen LogP contribution in [0.25, 0.3) is 0 Å². The van der Waals surface area contributed by atoms with Crippen molar-refractivity contribution < 1.29 is 9.53 Å². The van der Waals surface area contributed by atoms with Crippen molar-refractivity contribution in [3.8, 4) is 11.8 Å². The van der Waals surface area contributed by atoms with E-state index >= 15 is 0 Å². The molecule has 0 radical (unpaired) electrons. The van der Waals surface area contributed by atoms with E-state index in [1.54, 1.807) is 25.1 Å². The summed E-state index contributed by atoms with van der Waals surface area (Å²) < 4.78 is 6.06. The Morgan fingerprint density at radius 3 is 2.37 bits per heavy atom. The molecule has 0 unspecified atom stereocenters. The number of hydrogen-bond acceptors (Lipinski definition) is 4. The number of benzene rings is 2. The molecule has 1 saturated carbocycles. The van der Waals surface area contributed by atoms with Crippen molar-refractivity contribution in [2.45, 2.75) is 44.8 Å². The van der Waals surface area contributed by atoms with Crippen LogP contribution in [0.15, 0.2) is 42.5 Å². The smallest absolute Gasteiger partial charge is 0.159 e. The third-order valence-corrected chi connectivity index (χ3v) is 5.55. The van der Waals surface area contributed by atoms with E-state index in [4.69, 9.17) is 21.6 Å². The molecule has 0 heterocycles. The zero-order valence-corrected chi connectivity index (χ0v) is 16.4. The largest absolute Gasteiger partial charge is 0.490 e. The van der Waals surface area contributed by atoms with Crippen molar-refractivity contribution >= 4 is 23.1 Å². The Kier molecular flexibility index (Phi) is 6.03. The molecule has 1 aliphatic carbocycles. The highest BCUT2D eigenvalue weighted by molar-refractivity contribution is 6.31. The van der Waals surface area contributed by atoms with Crippen LogP contribution in [-0.2, 0) is 0 Å². The second-order valence-corrected chi connectivity index (χ2v) is 7.42. The van der Waals surface area contributed by atoms with E-state index < -0.39 is 0 Å². The number of ether oxygens (including phenoxy) is 1. The molecule has 0 saturated heterocycles. The summed E-state index contributed by atoms with van der Waals surface area (Å²) in [5.41, 5.74) is 2.33. The van der Waals surface area contributed by atoms with Gasteiger partial charge in [0.2, 0.25) is 0 Å². The predicted octanol–water partition coefficient (Wildman–Crippen LogP) is 5.24. The number of anilines is 1. The summed E-state index contributed by atoms with van der Waals surface area (Å²) in [6, 6.07) is 15.5. The summed E-state index contributed by atoms with van der Waals surface area (Å²) in [4.78, 5) is 13.7. The third-order valence-electron chi connectivity index (χ3n) is 5.24. The van der Waals surface area contributed by atoms with Crippen LogP contribution >= 0.6 is 11.6 Å². The van der Waals surface area contributed by atoms with Gasteiger partial charge in [-0.1, -0.05) is 11.6 Å². The minimum Gasteiger partial charge on any atom is -0.490 e. The van der Waals surface area contributed by atoms with Gasteiger partial charge in [-0.25, -0.2) is 0 Å². The van der Waals surface area contributed by atoms with Gasteiger partial charge in [0.25, 0.3) is 0 Å². The van der Waals surface area contributed by atoms with Crippen molar-refractivity contribution in [1.29, 1.82) is 5.26 Å². The summed E-state index contributed by atoms with van der Waals surface area (Å²) in [5.74, 6) is 0.806. The molecule has 0 spiro atoms. The summed E-state index contributed by atoms with van der Waals surface area (Å²) >= 11 is 6.08. The van der Waals surface area contributed by atoms with E-state index in [9.17, 15) is 4.79 Å². The average molecular weight is 383 g/mol. The highest BCUT2D eigenvalue weighted by Crippen LogP contribution is 2.30. The number of hydrogen-bond donors (Lipinski definition) is 0. The van der Waals surface area contributed by atoms with Crippen LogP contribution in [0, 0.1) is 11.3 Å². The first-order valence-electron chi connectivity index (χ1n) is 9.18. The van der Waals surface area contributed by atoms with Crippen LogP contribution in [0.3, 0.4) is 0 Å². The van der Waals surface area contributed by atoms with Crippen molar-refractivity contribution in [2.24, 2.45) is 0 Å². The minimum atomic E-state index is 0.0877. The summed E-state index contributed by atoms with van der Waals surface area (Å²) in [5, 5.41) is 9.38. The van der Waals surface area contributed by atoms with E-state index in [2.05, 4.69) is 18.0 Å². The number of ketones is 1. The second kappa shape index (κ2) is 8.45. The van der Waals surface area contributed by atoms with Gasteiger partial charge >= 0.3 is 0 Å². The molecule has 0 amide bonds. The van der Waals surface area contributed by atoms with E-state index in [0.717, 1.165) is 42.7 Å². The van der Waals surface area contributed by atoms with Crippen LogP contribution in [0.2, 0.25) is 5.02 Å². The van der Waals surface area contributed by atoms with Crippen LogP contribution < -0.4 is 9.64 Å². The molecule has 2 aromatic carbocycles. The van der Waals surface area contributed by atoms with Crippen molar-refractivity contribution in [3.63, 3.8) is 0 Å². The molecular weight excluding hydrogens is 360 g/mol. The first-order chi connectivity index (χ1) is 13.0. The molecule has 0 aliphatic heterocycles. The maximum Gasteiger partial charge on any atom is 0.159 e. The summed E-state index contributed by atoms with van der Waals surface area (Å²) in [6.45, 7) is 1.58. The molecular formula is C22H23ClN2O2. The van der Waals surface area contributed by atoms with Gasteiger partial charge in [0.05, 0.1) is 16.7 Å². The number of nitrogens with zero attached hydrogens (tertiary/aromatic N) is 2. The third kappa shape index (κ3) is 4.61. The lowest BCUT2D eigenvalue weighted by atomic mass is 9.91. The molecule has 5 heteroatoms. The Hall–Kier alpha value is -2.51. The molecule has 0 bridgehead atoms. The predicted molar refractivity (Wildman–Crippen MR) is 108 cm³/mol. The molecule has 0 aromatic heterocycles. The molecule has 4 nitrogen and oxygen atoms in total. The van der Waals surface area contributed by atoms with E-state index in [1.165, 1.54) is 0 Å². The zero-order chi connectivity index (χ0) is 19.4. The number of Topliss-reactive ketones (excluding diaryl/α,β-unsaturated/α-hetero) is 1. The Labute approximate surface area is 165 Å². The van der Waals surface area contributed by atoms with Crippen LogP contribution in [0.4, 0.5) is 5.69 Å². The van der Waals surface area contributed by atoms with E-state index in [1.807, 2.05) is 24.3 Å². The fourth-order valence-electron chi connectivity index (χ4n) is 3.54. The average Bonchev–Trinajstić information content (AvgIpc) is 2.68. The van der Waals surface area contributed by atoms with Gasteiger partial charge in [-0.15, -0.1) is 0 Å². The Morgan fingerprint density at radius 1 is 1.15 bits per heavy atom. The fraction of sp³-hybridized carbons (Fsp3) is 0.364. The number of rotatable bonds is 5. The Morgan fingerprint density at radius 2 is 1.81 bits per heavy atom. The second-order valence-electron chi connectivity index (χ2n) is 7.02. The van der Waals surface area contributed by atoms with Crippen molar-refractivity contribution in [1.82, 2.24) is 0 Å². The Bertz CT molecular complexity index is 850. The molecule has 0 N–H and O–H groups in total. The molecule has 3 rings (SSSR count). The lowest BCUT2D eigenvalue weighted by molar-refractivity contribution is 0.101. The standard InChI is InChI=1S/C22H23ClN2O2/c1-15(26)16-3-6-18(7-4-16)25(2)19-8-11-20(12-9-19)27-21-10-5-17(14-24)22(23)13-21/h3-7,10,13,19-20H,8-9,11-12H2,1-2H3. The molecule has 140 valence electrons. The fourth-order valence-corrected chi connectivity index (χ4v) is 3.76. The van der Waals surface area contributed by atoms with Crippen molar-refractivity contribution in [3.05, 3.63) is 58.6 Å². The van der Waals surface area contributed by atoms with Gasteiger partial charge in [-0.2, -0.15) is 5.26 Å². The lowest BCUT2D eigenvalue weighted by Crippen LogP contribution is -2.37. The molecule has 1 aliphatic rings. The van der Waals surface area contributed by atoms with Gasteiger partial charge in [-0.05, 0) is 69.0 Å². The zero-order valence-electron chi connectivity index (χ0n) is 15.6. The van der Waals surface area contributed by atoms with Gasteiger partial charge in [0.1, 0.15) is 11.8 Å².